The zero-order chi connectivity index (χ0) is 25.8. The van der Waals surface area contributed by atoms with Crippen molar-refractivity contribution >= 4 is 24.3 Å². The third-order valence-corrected chi connectivity index (χ3v) is 5.22. The molecule has 0 aliphatic carbocycles. The highest BCUT2D eigenvalue weighted by Gasteiger charge is 2.26. The van der Waals surface area contributed by atoms with Crippen molar-refractivity contribution in [3.05, 3.63) is 71.8 Å². The van der Waals surface area contributed by atoms with Crippen LogP contribution in [-0.4, -0.2) is 49.5 Å². The number of nitrogens with zero attached hydrogens (tertiary/aromatic N) is 2. The molecule has 0 saturated carbocycles. The summed E-state index contributed by atoms with van der Waals surface area (Å²) in [5.41, 5.74) is 1.66. The van der Waals surface area contributed by atoms with E-state index < -0.39 is 24.3 Å². The molecule has 10 heteroatoms. The van der Waals surface area contributed by atoms with Gasteiger partial charge in [-0.3, -0.25) is 0 Å². The summed E-state index contributed by atoms with van der Waals surface area (Å²) in [6, 6.07) is 17.3. The van der Waals surface area contributed by atoms with E-state index in [-0.39, 0.29) is 26.3 Å². The Hall–Kier alpha value is -4.26. The van der Waals surface area contributed by atoms with Crippen LogP contribution in [0, 0.1) is 0 Å². The third-order valence-electron chi connectivity index (χ3n) is 5.22. The molecule has 2 N–H and O–H groups in total. The molecule has 0 bridgehead atoms. The molecule has 2 aromatic rings. The molecule has 0 aliphatic rings. The molecule has 2 unspecified atom stereocenters. The summed E-state index contributed by atoms with van der Waals surface area (Å²) >= 11 is 0. The van der Waals surface area contributed by atoms with Gasteiger partial charge in [-0.15, -0.1) is 0 Å². The van der Waals surface area contributed by atoms with E-state index in [1.54, 1.807) is 0 Å². The number of benzene rings is 2. The van der Waals surface area contributed by atoms with Gasteiger partial charge in [-0.1, -0.05) is 60.7 Å². The fraction of sp³-hybridized carbons (Fsp3) is 0.385. The molecule has 10 nitrogen and oxygen atoms in total. The zero-order valence-electron chi connectivity index (χ0n) is 19.9. The van der Waals surface area contributed by atoms with Crippen LogP contribution in [0.15, 0.2) is 70.6 Å². The summed E-state index contributed by atoms with van der Waals surface area (Å²) in [4.78, 5) is 53.1. The van der Waals surface area contributed by atoms with Crippen molar-refractivity contribution in [1.82, 2.24) is 10.6 Å². The van der Waals surface area contributed by atoms with Gasteiger partial charge in [0.1, 0.15) is 13.2 Å². The first-order valence-corrected chi connectivity index (χ1v) is 11.6. The lowest BCUT2D eigenvalue weighted by Crippen LogP contribution is -2.52. The lowest BCUT2D eigenvalue weighted by Gasteiger charge is -2.28. The molecule has 0 heterocycles. The Morgan fingerprint density at radius 1 is 0.694 bits per heavy atom. The van der Waals surface area contributed by atoms with Crippen LogP contribution < -0.4 is 10.6 Å². The minimum atomic E-state index is -0.655. The lowest BCUT2D eigenvalue weighted by atomic mass is 9.98. The Morgan fingerprint density at radius 2 is 1.08 bits per heavy atom. The highest BCUT2D eigenvalue weighted by Crippen LogP contribution is 2.12. The minimum Gasteiger partial charge on any atom is -0.445 e. The fourth-order valence-corrected chi connectivity index (χ4v) is 3.45. The van der Waals surface area contributed by atoms with Crippen molar-refractivity contribution in [3.63, 3.8) is 0 Å². The molecule has 2 aromatic carbocycles. The topological polar surface area (TPSA) is 136 Å². The molecule has 0 spiro atoms. The van der Waals surface area contributed by atoms with E-state index in [0.717, 1.165) is 11.1 Å². The van der Waals surface area contributed by atoms with Crippen LogP contribution in [0.1, 0.15) is 36.8 Å². The largest absolute Gasteiger partial charge is 0.445 e. The van der Waals surface area contributed by atoms with Crippen LogP contribution in [0.3, 0.4) is 0 Å². The van der Waals surface area contributed by atoms with Crippen LogP contribution >= 0.6 is 0 Å². The third kappa shape index (κ3) is 11.7. The molecule has 0 aliphatic heterocycles. The van der Waals surface area contributed by atoms with Gasteiger partial charge in [-0.25, -0.2) is 29.2 Å². The molecule has 190 valence electrons. The number of hydrogen-bond acceptors (Lipinski definition) is 8. The van der Waals surface area contributed by atoms with Crippen LogP contribution in [0.2, 0.25) is 0 Å². The minimum absolute atomic E-state index is 0.0834. The summed E-state index contributed by atoms with van der Waals surface area (Å²) in [6.07, 6.45) is 3.38. The quantitative estimate of drug-likeness (QED) is 0.220. The molecule has 0 radical (unpaired) electrons. The van der Waals surface area contributed by atoms with Crippen molar-refractivity contribution in [3.8, 4) is 0 Å². The van der Waals surface area contributed by atoms with Gasteiger partial charge in [0, 0.05) is 0 Å². The first kappa shape index (κ1) is 28.0. The van der Waals surface area contributed by atoms with Gasteiger partial charge in [-0.05, 0) is 36.8 Å². The number of isocyanates is 2. The number of hydrogen-bond donors (Lipinski definition) is 2. The lowest BCUT2D eigenvalue weighted by molar-refractivity contribution is 0.121. The van der Waals surface area contributed by atoms with E-state index in [9.17, 15) is 19.2 Å². The smallest absolute Gasteiger partial charge is 0.407 e. The first-order chi connectivity index (χ1) is 17.6. The Bertz CT molecular complexity index is 938. The van der Waals surface area contributed by atoms with Crippen molar-refractivity contribution in [1.29, 1.82) is 0 Å². The van der Waals surface area contributed by atoms with Crippen molar-refractivity contribution in [2.45, 2.75) is 51.0 Å². The predicted molar refractivity (Wildman–Crippen MR) is 132 cm³/mol. The second-order valence-corrected chi connectivity index (χ2v) is 7.86. The second kappa shape index (κ2) is 17.2. The molecule has 0 aromatic heterocycles. The molecular formula is C26H30N4O6. The highest BCUT2D eigenvalue weighted by atomic mass is 16.6. The van der Waals surface area contributed by atoms with E-state index in [2.05, 4.69) is 20.6 Å². The molecule has 2 rings (SSSR count). The molecule has 0 fully saturated rings. The van der Waals surface area contributed by atoms with E-state index in [0.29, 0.717) is 25.7 Å². The monoisotopic (exact) mass is 494 g/mol. The van der Waals surface area contributed by atoms with Crippen molar-refractivity contribution < 1.29 is 28.7 Å². The average molecular weight is 495 g/mol. The highest BCUT2D eigenvalue weighted by molar-refractivity contribution is 5.69. The average Bonchev–Trinajstić information content (AvgIpc) is 2.91. The van der Waals surface area contributed by atoms with Gasteiger partial charge in [0.2, 0.25) is 12.2 Å². The van der Waals surface area contributed by atoms with Crippen LogP contribution in [0.25, 0.3) is 0 Å². The molecule has 2 amide bonds. The maximum Gasteiger partial charge on any atom is 0.407 e. The van der Waals surface area contributed by atoms with Gasteiger partial charge >= 0.3 is 12.2 Å². The fourth-order valence-electron chi connectivity index (χ4n) is 3.45. The number of alkyl carbamates (subject to hydrolysis) is 2. The number of ether oxygens (including phenoxy) is 2. The predicted octanol–water partition coefficient (Wildman–Crippen LogP) is 3.81. The standard InChI is InChI=1S/C26H30N4O6/c31-19-27-15-7-13-23(29-25(33)35-17-21-9-3-1-4-10-21)24(14-8-16-28-20-32)30-26(34)36-18-22-11-5-2-6-12-22/h1-6,9-12,23-24H,7-8,13-18H2,(H,29,33)(H,30,34). The van der Waals surface area contributed by atoms with Crippen LogP contribution in [0.5, 0.6) is 0 Å². The summed E-state index contributed by atoms with van der Waals surface area (Å²) < 4.78 is 10.7. The number of nitrogens with one attached hydrogen (secondary N) is 2. The number of amides is 2. The van der Waals surface area contributed by atoms with Gasteiger partial charge < -0.3 is 20.1 Å². The molecule has 2 atom stereocenters. The van der Waals surface area contributed by atoms with Crippen LogP contribution in [-0.2, 0) is 32.3 Å². The number of carbonyl (C=O) groups is 2. The second-order valence-electron chi connectivity index (χ2n) is 7.86. The normalized spacial score (nSPS) is 11.7. The van der Waals surface area contributed by atoms with Gasteiger partial charge in [-0.2, -0.15) is 0 Å². The molecular weight excluding hydrogens is 464 g/mol. The van der Waals surface area contributed by atoms with Crippen molar-refractivity contribution in [2.24, 2.45) is 9.98 Å². The molecule has 0 saturated heterocycles. The Balaban J connectivity index is 2.05. The van der Waals surface area contributed by atoms with Crippen molar-refractivity contribution in [2.75, 3.05) is 13.1 Å². The number of rotatable bonds is 15. The van der Waals surface area contributed by atoms with Crippen LogP contribution in [0.4, 0.5) is 9.59 Å². The summed E-state index contributed by atoms with van der Waals surface area (Å²) in [6.45, 7) is 0.614. The van der Waals surface area contributed by atoms with Gasteiger partial charge in [0.25, 0.3) is 0 Å². The van der Waals surface area contributed by atoms with Gasteiger partial charge in [0.15, 0.2) is 0 Å². The summed E-state index contributed by atoms with van der Waals surface area (Å²) in [7, 11) is 0. The van der Waals surface area contributed by atoms with Gasteiger partial charge in [0.05, 0.1) is 25.2 Å². The number of aliphatic imine (C=N–C) groups is 2. The summed E-state index contributed by atoms with van der Waals surface area (Å²) in [5, 5.41) is 5.61. The maximum atomic E-state index is 12.6. The summed E-state index contributed by atoms with van der Waals surface area (Å²) in [5.74, 6) is 0. The van der Waals surface area contributed by atoms with E-state index in [1.807, 2.05) is 60.7 Å². The van der Waals surface area contributed by atoms with E-state index in [1.165, 1.54) is 12.2 Å². The van der Waals surface area contributed by atoms with E-state index >= 15 is 0 Å². The Kier molecular flexibility index (Phi) is 13.4. The Labute approximate surface area is 209 Å². The van der Waals surface area contributed by atoms with E-state index in [4.69, 9.17) is 9.47 Å². The SMILES string of the molecule is O=C=NCCCC(NC(=O)OCc1ccccc1)C(CCCN=C=O)NC(=O)OCc1ccccc1. The maximum absolute atomic E-state index is 12.6. The first-order valence-electron chi connectivity index (χ1n) is 11.6. The Morgan fingerprint density at radius 3 is 1.44 bits per heavy atom. The molecule has 36 heavy (non-hydrogen) atoms. The number of carbonyl (C=O) groups excluding carboxylic acids is 4. The zero-order valence-corrected chi connectivity index (χ0v) is 19.9.